The number of amides is 1. The molecular weight excluding hydrogens is 244 g/mol. The molecule has 19 heavy (non-hydrogen) atoms. The van der Waals surface area contributed by atoms with E-state index in [0.717, 1.165) is 37.1 Å². The number of carbonyl (C=O) groups excluding carboxylic acids is 1. The van der Waals surface area contributed by atoms with Crippen molar-refractivity contribution in [1.29, 1.82) is 0 Å². The van der Waals surface area contributed by atoms with Gasteiger partial charge in [0.1, 0.15) is 0 Å². The summed E-state index contributed by atoms with van der Waals surface area (Å²) in [6.45, 7) is 4.16. The van der Waals surface area contributed by atoms with Crippen LogP contribution in [-0.4, -0.2) is 33.7 Å². The highest BCUT2D eigenvalue weighted by Crippen LogP contribution is 2.36. The lowest BCUT2D eigenvalue weighted by Gasteiger charge is -2.30. The fraction of sp³-hybridized carbons (Fsp3) is 0.643. The molecule has 1 aliphatic heterocycles. The molecule has 0 aromatic carbocycles. The van der Waals surface area contributed by atoms with Crippen LogP contribution in [0.15, 0.2) is 17.3 Å². The van der Waals surface area contributed by atoms with Gasteiger partial charge in [0.15, 0.2) is 0 Å². The fourth-order valence-corrected chi connectivity index (χ4v) is 3.05. The number of hydrogen-bond acceptors (Lipinski definition) is 3. The molecule has 0 saturated heterocycles. The average molecular weight is 264 g/mol. The van der Waals surface area contributed by atoms with Crippen LogP contribution in [0.25, 0.3) is 0 Å². The largest absolute Gasteiger partial charge is 0.478 e. The fourth-order valence-electron chi connectivity index (χ4n) is 3.05. The highest BCUT2D eigenvalue weighted by Gasteiger charge is 2.41. The van der Waals surface area contributed by atoms with Crippen molar-refractivity contribution in [2.75, 3.05) is 0 Å². The lowest BCUT2D eigenvalue weighted by atomic mass is 9.79. The van der Waals surface area contributed by atoms with Gasteiger partial charge in [-0.05, 0) is 25.2 Å². The summed E-state index contributed by atoms with van der Waals surface area (Å²) in [7, 11) is 0. The molecule has 1 N–H and O–H groups in total. The molecule has 2 atom stereocenters. The molecule has 1 amide bonds. The van der Waals surface area contributed by atoms with Crippen LogP contribution >= 0.6 is 0 Å². The van der Waals surface area contributed by atoms with Crippen LogP contribution in [0.2, 0.25) is 0 Å². The van der Waals surface area contributed by atoms with Gasteiger partial charge in [-0.1, -0.05) is 20.3 Å². The summed E-state index contributed by atoms with van der Waals surface area (Å²) in [6.07, 6.45) is 6.32. The van der Waals surface area contributed by atoms with E-state index in [0.29, 0.717) is 11.8 Å². The third-order valence-electron chi connectivity index (χ3n) is 3.83. The first-order chi connectivity index (χ1) is 9.00. The number of carbonyl (C=O) groups is 2. The second-order valence-corrected chi connectivity index (χ2v) is 5.53. The molecule has 0 radical (unpaired) electrons. The molecule has 5 nitrogen and oxygen atoms in total. The Labute approximate surface area is 113 Å². The SMILES string of the molecule is CC(C)C1C2CCCCC2=NN1C(=O)C=CC(=O)O. The quantitative estimate of drug-likeness (QED) is 0.793. The first-order valence-corrected chi connectivity index (χ1v) is 6.82. The van der Waals surface area contributed by atoms with Gasteiger partial charge < -0.3 is 5.11 Å². The Kier molecular flexibility index (Phi) is 4.02. The van der Waals surface area contributed by atoms with Gasteiger partial charge in [0.05, 0.1) is 6.04 Å². The number of carboxylic acid groups (broad SMARTS) is 1. The van der Waals surface area contributed by atoms with Crippen molar-refractivity contribution in [2.45, 2.75) is 45.6 Å². The monoisotopic (exact) mass is 264 g/mol. The molecule has 0 bridgehead atoms. The van der Waals surface area contributed by atoms with Gasteiger partial charge in [0, 0.05) is 23.8 Å². The zero-order valence-corrected chi connectivity index (χ0v) is 11.4. The number of fused-ring (bicyclic) bond motifs is 1. The average Bonchev–Trinajstić information content (AvgIpc) is 2.75. The Bertz CT molecular complexity index is 440. The number of nitrogens with zero attached hydrogens (tertiary/aromatic N) is 2. The second kappa shape index (κ2) is 5.55. The van der Waals surface area contributed by atoms with E-state index >= 15 is 0 Å². The minimum absolute atomic E-state index is 0.0706. The molecule has 1 aliphatic carbocycles. The zero-order chi connectivity index (χ0) is 14.0. The number of aliphatic carboxylic acids is 1. The van der Waals surface area contributed by atoms with Gasteiger partial charge >= 0.3 is 5.97 Å². The third-order valence-corrected chi connectivity index (χ3v) is 3.83. The Morgan fingerprint density at radius 3 is 2.74 bits per heavy atom. The Morgan fingerprint density at radius 2 is 2.11 bits per heavy atom. The van der Waals surface area contributed by atoms with Gasteiger partial charge in [-0.15, -0.1) is 0 Å². The molecule has 2 unspecified atom stereocenters. The molecule has 104 valence electrons. The minimum Gasteiger partial charge on any atom is -0.478 e. The molecule has 1 saturated carbocycles. The van der Waals surface area contributed by atoms with E-state index in [9.17, 15) is 9.59 Å². The maximum atomic E-state index is 12.1. The highest BCUT2D eigenvalue weighted by atomic mass is 16.4. The van der Waals surface area contributed by atoms with Crippen molar-refractivity contribution in [3.8, 4) is 0 Å². The van der Waals surface area contributed by atoms with E-state index in [4.69, 9.17) is 5.11 Å². The van der Waals surface area contributed by atoms with Gasteiger partial charge in [-0.2, -0.15) is 5.10 Å². The molecular formula is C14H20N2O3. The van der Waals surface area contributed by atoms with Crippen LogP contribution < -0.4 is 0 Å². The van der Waals surface area contributed by atoms with E-state index in [1.165, 1.54) is 11.4 Å². The Hall–Kier alpha value is -1.65. The van der Waals surface area contributed by atoms with Crippen molar-refractivity contribution in [3.63, 3.8) is 0 Å². The summed E-state index contributed by atoms with van der Waals surface area (Å²) in [5, 5.41) is 14.5. The van der Waals surface area contributed by atoms with Crippen LogP contribution in [0.1, 0.15) is 39.5 Å². The van der Waals surface area contributed by atoms with E-state index in [2.05, 4.69) is 18.9 Å². The van der Waals surface area contributed by atoms with Crippen molar-refractivity contribution in [3.05, 3.63) is 12.2 Å². The molecule has 0 aromatic rings. The number of hydrogen-bond donors (Lipinski definition) is 1. The summed E-state index contributed by atoms with van der Waals surface area (Å²) in [4.78, 5) is 22.6. The first kappa shape index (κ1) is 13.8. The van der Waals surface area contributed by atoms with E-state index < -0.39 is 5.97 Å². The molecule has 2 rings (SSSR count). The summed E-state index contributed by atoms with van der Waals surface area (Å²) in [5.74, 6) is -0.774. The molecule has 0 spiro atoms. The smallest absolute Gasteiger partial charge is 0.328 e. The minimum atomic E-state index is -1.11. The van der Waals surface area contributed by atoms with E-state index in [-0.39, 0.29) is 11.9 Å². The lowest BCUT2D eigenvalue weighted by Crippen LogP contribution is -2.41. The summed E-state index contributed by atoms with van der Waals surface area (Å²) in [6, 6.07) is 0.0706. The standard InChI is InChI=1S/C14H20N2O3/c1-9(2)14-10-5-3-4-6-11(10)15-16(14)12(17)7-8-13(18)19/h7-10,14H,3-6H2,1-2H3,(H,18,19). The van der Waals surface area contributed by atoms with Crippen molar-refractivity contribution >= 4 is 17.6 Å². The first-order valence-electron chi connectivity index (χ1n) is 6.82. The Morgan fingerprint density at radius 1 is 1.37 bits per heavy atom. The van der Waals surface area contributed by atoms with Crippen LogP contribution in [0.3, 0.4) is 0 Å². The zero-order valence-electron chi connectivity index (χ0n) is 11.4. The second-order valence-electron chi connectivity index (χ2n) is 5.53. The van der Waals surface area contributed by atoms with Gasteiger partial charge in [0.25, 0.3) is 5.91 Å². The van der Waals surface area contributed by atoms with Gasteiger partial charge in [-0.3, -0.25) is 4.79 Å². The highest BCUT2D eigenvalue weighted by molar-refractivity contribution is 5.97. The predicted molar refractivity (Wildman–Crippen MR) is 71.6 cm³/mol. The van der Waals surface area contributed by atoms with Crippen LogP contribution in [0.5, 0.6) is 0 Å². The summed E-state index contributed by atoms with van der Waals surface area (Å²) in [5.41, 5.74) is 1.11. The normalized spacial score (nSPS) is 26.7. The third kappa shape index (κ3) is 2.85. The van der Waals surface area contributed by atoms with Crippen LogP contribution in [0, 0.1) is 11.8 Å². The van der Waals surface area contributed by atoms with Crippen molar-refractivity contribution in [2.24, 2.45) is 16.9 Å². The maximum absolute atomic E-state index is 12.1. The van der Waals surface area contributed by atoms with Gasteiger partial charge in [0.2, 0.25) is 0 Å². The van der Waals surface area contributed by atoms with Crippen molar-refractivity contribution < 1.29 is 14.7 Å². The van der Waals surface area contributed by atoms with E-state index in [1.54, 1.807) is 0 Å². The van der Waals surface area contributed by atoms with Crippen molar-refractivity contribution in [1.82, 2.24) is 5.01 Å². The predicted octanol–water partition coefficient (Wildman–Crippen LogP) is 2.04. The lowest BCUT2D eigenvalue weighted by molar-refractivity contribution is -0.133. The molecule has 2 aliphatic rings. The number of rotatable bonds is 3. The van der Waals surface area contributed by atoms with Crippen LogP contribution in [-0.2, 0) is 9.59 Å². The van der Waals surface area contributed by atoms with E-state index in [1.807, 2.05) is 0 Å². The summed E-state index contributed by atoms with van der Waals surface area (Å²) < 4.78 is 0. The molecule has 1 heterocycles. The van der Waals surface area contributed by atoms with Gasteiger partial charge in [-0.25, -0.2) is 9.80 Å². The molecule has 5 heteroatoms. The number of carboxylic acids is 1. The molecule has 1 fully saturated rings. The maximum Gasteiger partial charge on any atom is 0.328 e. The molecule has 0 aromatic heterocycles. The topological polar surface area (TPSA) is 70.0 Å². The summed E-state index contributed by atoms with van der Waals surface area (Å²) >= 11 is 0. The number of hydrazone groups is 1. The Balaban J connectivity index is 2.20. The van der Waals surface area contributed by atoms with Crippen LogP contribution in [0.4, 0.5) is 0 Å².